The minimum atomic E-state index is -1.36. The number of benzene rings is 2. The van der Waals surface area contributed by atoms with Gasteiger partial charge in [0.15, 0.2) is 12.5 Å². The Labute approximate surface area is 216 Å². The van der Waals surface area contributed by atoms with E-state index < -0.39 is 49.1 Å². The molecule has 2 aromatic carbocycles. The van der Waals surface area contributed by atoms with Crippen LogP contribution in [0.5, 0.6) is 11.5 Å². The molecule has 3 heterocycles. The molecule has 8 atom stereocenters. The van der Waals surface area contributed by atoms with Gasteiger partial charge in [-0.1, -0.05) is 61.9 Å². The molecule has 0 aliphatic carbocycles. The SMILES string of the molecule is CCC[C@@H]1OC[C@H]2O[C@@H](N3C(=O)[C@H](Oc4cccc(OC)c4)[C@@H]3/C=C/c3ccccc3)[C@H](O)[C@@H](O)[C@@H]2O1. The Morgan fingerprint density at radius 3 is 2.59 bits per heavy atom. The third-order valence-corrected chi connectivity index (χ3v) is 6.93. The van der Waals surface area contributed by atoms with E-state index in [2.05, 4.69) is 0 Å². The molecule has 2 N–H and O–H groups in total. The number of carbonyl (C=O) groups is 1. The third-order valence-electron chi connectivity index (χ3n) is 6.93. The van der Waals surface area contributed by atoms with Crippen LogP contribution in [-0.2, 0) is 19.0 Å². The van der Waals surface area contributed by atoms with Crippen molar-refractivity contribution in [2.75, 3.05) is 13.7 Å². The third kappa shape index (κ3) is 5.23. The molecule has 0 unspecified atom stereocenters. The summed E-state index contributed by atoms with van der Waals surface area (Å²) in [7, 11) is 1.56. The molecule has 3 saturated heterocycles. The number of aliphatic hydroxyl groups excluding tert-OH is 2. The van der Waals surface area contributed by atoms with Gasteiger partial charge in [-0.15, -0.1) is 0 Å². The van der Waals surface area contributed by atoms with Gasteiger partial charge in [0, 0.05) is 6.07 Å². The predicted molar refractivity (Wildman–Crippen MR) is 134 cm³/mol. The summed E-state index contributed by atoms with van der Waals surface area (Å²) in [6.07, 6.45) is -1.08. The number of methoxy groups -OCH3 is 1. The Bertz CT molecular complexity index is 1090. The monoisotopic (exact) mass is 511 g/mol. The first-order valence-electron chi connectivity index (χ1n) is 12.6. The maximum absolute atomic E-state index is 13.4. The van der Waals surface area contributed by atoms with Gasteiger partial charge in [0.05, 0.1) is 19.8 Å². The number of likely N-dealkylation sites (tertiary alicyclic amines) is 1. The lowest BCUT2D eigenvalue weighted by molar-refractivity contribution is -0.344. The maximum atomic E-state index is 13.4. The molecule has 3 aliphatic rings. The van der Waals surface area contributed by atoms with Crippen molar-refractivity contribution >= 4 is 12.0 Å². The van der Waals surface area contributed by atoms with Gasteiger partial charge in [0.25, 0.3) is 5.91 Å². The second kappa shape index (κ2) is 11.2. The molecule has 37 heavy (non-hydrogen) atoms. The van der Waals surface area contributed by atoms with E-state index in [1.807, 2.05) is 49.4 Å². The van der Waals surface area contributed by atoms with Gasteiger partial charge < -0.3 is 38.8 Å². The first kappa shape index (κ1) is 25.7. The van der Waals surface area contributed by atoms with Crippen LogP contribution in [0.1, 0.15) is 25.3 Å². The summed E-state index contributed by atoms with van der Waals surface area (Å²) in [4.78, 5) is 14.8. The zero-order valence-corrected chi connectivity index (χ0v) is 20.9. The lowest BCUT2D eigenvalue weighted by atomic mass is 9.90. The van der Waals surface area contributed by atoms with Gasteiger partial charge in [0.1, 0.15) is 35.9 Å². The van der Waals surface area contributed by atoms with Crippen molar-refractivity contribution in [3.63, 3.8) is 0 Å². The quantitative estimate of drug-likeness (QED) is 0.521. The van der Waals surface area contributed by atoms with E-state index in [1.54, 1.807) is 31.4 Å². The molecule has 9 heteroatoms. The maximum Gasteiger partial charge on any atom is 0.268 e. The molecule has 1 amide bonds. The first-order chi connectivity index (χ1) is 18.0. The molecule has 0 spiro atoms. The molecule has 3 aliphatic heterocycles. The Balaban J connectivity index is 1.37. The summed E-state index contributed by atoms with van der Waals surface area (Å²) in [5.74, 6) is 0.731. The van der Waals surface area contributed by atoms with Gasteiger partial charge in [-0.05, 0) is 24.1 Å². The molecule has 3 fully saturated rings. The summed E-state index contributed by atoms with van der Waals surface area (Å²) in [6, 6.07) is 16.1. The minimum absolute atomic E-state index is 0.200. The fourth-order valence-electron chi connectivity index (χ4n) is 4.96. The number of fused-ring (bicyclic) bond motifs is 1. The molecular weight excluding hydrogens is 478 g/mol. The molecule has 2 aromatic rings. The molecular formula is C28H33NO8. The van der Waals surface area contributed by atoms with E-state index in [0.29, 0.717) is 17.9 Å². The zero-order valence-electron chi connectivity index (χ0n) is 20.9. The van der Waals surface area contributed by atoms with Crippen molar-refractivity contribution in [3.8, 4) is 11.5 Å². The van der Waals surface area contributed by atoms with Crippen LogP contribution in [0.15, 0.2) is 60.7 Å². The van der Waals surface area contributed by atoms with Crippen molar-refractivity contribution in [1.82, 2.24) is 4.90 Å². The number of aliphatic hydroxyl groups is 2. The largest absolute Gasteiger partial charge is 0.497 e. The second-order valence-electron chi connectivity index (χ2n) is 9.42. The van der Waals surface area contributed by atoms with Crippen LogP contribution in [0.25, 0.3) is 6.08 Å². The van der Waals surface area contributed by atoms with Crippen LogP contribution >= 0.6 is 0 Å². The van der Waals surface area contributed by atoms with E-state index in [4.69, 9.17) is 23.7 Å². The van der Waals surface area contributed by atoms with Crippen LogP contribution in [0, 0.1) is 0 Å². The van der Waals surface area contributed by atoms with E-state index in [1.165, 1.54) is 4.90 Å². The van der Waals surface area contributed by atoms with Crippen LogP contribution in [-0.4, -0.2) is 83.8 Å². The molecule has 198 valence electrons. The average molecular weight is 512 g/mol. The number of ether oxygens (including phenoxy) is 5. The molecule has 0 bridgehead atoms. The van der Waals surface area contributed by atoms with Crippen LogP contribution in [0.4, 0.5) is 0 Å². The van der Waals surface area contributed by atoms with Gasteiger partial charge in [-0.25, -0.2) is 0 Å². The number of hydrogen-bond donors (Lipinski definition) is 2. The Morgan fingerprint density at radius 2 is 1.84 bits per heavy atom. The van der Waals surface area contributed by atoms with Crippen molar-refractivity contribution in [2.24, 2.45) is 0 Å². The van der Waals surface area contributed by atoms with Crippen molar-refractivity contribution in [3.05, 3.63) is 66.2 Å². The summed E-state index contributed by atoms with van der Waals surface area (Å²) in [5, 5.41) is 21.9. The second-order valence-corrected chi connectivity index (χ2v) is 9.42. The Hall–Kier alpha value is -2.95. The van der Waals surface area contributed by atoms with Gasteiger partial charge in [0.2, 0.25) is 6.10 Å². The summed E-state index contributed by atoms with van der Waals surface area (Å²) < 4.78 is 29.1. The topological polar surface area (TPSA) is 107 Å². The number of nitrogens with zero attached hydrogens (tertiary/aromatic N) is 1. The van der Waals surface area contributed by atoms with Crippen molar-refractivity contribution in [2.45, 2.75) is 68.8 Å². The molecule has 0 aromatic heterocycles. The molecule has 0 radical (unpaired) electrons. The van der Waals surface area contributed by atoms with Crippen molar-refractivity contribution in [1.29, 1.82) is 0 Å². The van der Waals surface area contributed by atoms with E-state index in [0.717, 1.165) is 12.0 Å². The fraction of sp³-hybridized carbons (Fsp3) is 0.464. The van der Waals surface area contributed by atoms with Gasteiger partial charge in [-0.3, -0.25) is 4.79 Å². The molecule has 0 saturated carbocycles. The fourth-order valence-corrected chi connectivity index (χ4v) is 4.96. The standard InChI is InChI=1S/C28H33NO8/c1-3-8-22-34-16-21-26(37-22)23(30)24(31)28(36-21)29-20(14-13-17-9-5-4-6-10-17)25(27(29)32)35-19-12-7-11-18(15-19)33-2/h4-7,9-15,20-26,28,30-31H,3,8,16H2,1-2H3/b14-13+/t20-,21+,22+,23+,24+,25+,26+,28+/m0/s1. The van der Waals surface area contributed by atoms with Crippen molar-refractivity contribution < 1.29 is 38.7 Å². The van der Waals surface area contributed by atoms with E-state index in [9.17, 15) is 15.0 Å². The highest BCUT2D eigenvalue weighted by atomic mass is 16.7. The highest BCUT2D eigenvalue weighted by Gasteiger charge is 2.58. The molecule has 5 rings (SSSR count). The minimum Gasteiger partial charge on any atom is -0.497 e. The normalized spacial score (nSPS) is 33.6. The highest BCUT2D eigenvalue weighted by Crippen LogP contribution is 2.37. The van der Waals surface area contributed by atoms with Gasteiger partial charge >= 0.3 is 0 Å². The zero-order chi connectivity index (χ0) is 25.9. The van der Waals surface area contributed by atoms with Crippen LogP contribution in [0.3, 0.4) is 0 Å². The van der Waals surface area contributed by atoms with E-state index in [-0.39, 0.29) is 12.5 Å². The Morgan fingerprint density at radius 1 is 1.05 bits per heavy atom. The summed E-state index contributed by atoms with van der Waals surface area (Å²) in [6.45, 7) is 2.21. The van der Waals surface area contributed by atoms with Crippen LogP contribution in [0.2, 0.25) is 0 Å². The highest BCUT2D eigenvalue weighted by molar-refractivity contribution is 5.90. The number of amides is 1. The lowest BCUT2D eigenvalue weighted by Crippen LogP contribution is -2.75. The lowest BCUT2D eigenvalue weighted by Gasteiger charge is -2.54. The molecule has 9 nitrogen and oxygen atoms in total. The number of carbonyl (C=O) groups excluding carboxylic acids is 1. The smallest absolute Gasteiger partial charge is 0.268 e. The predicted octanol–water partition coefficient (Wildman–Crippen LogP) is 2.36. The number of hydrogen-bond acceptors (Lipinski definition) is 8. The van der Waals surface area contributed by atoms with Crippen LogP contribution < -0.4 is 9.47 Å². The summed E-state index contributed by atoms with van der Waals surface area (Å²) in [5.41, 5.74) is 0.947. The Kier molecular flexibility index (Phi) is 7.78. The number of rotatable bonds is 8. The summed E-state index contributed by atoms with van der Waals surface area (Å²) >= 11 is 0. The van der Waals surface area contributed by atoms with Gasteiger partial charge in [-0.2, -0.15) is 0 Å². The average Bonchev–Trinajstić information content (AvgIpc) is 2.93. The number of β-lactam (4-membered cyclic amide) rings is 1. The first-order valence-corrected chi connectivity index (χ1v) is 12.6. The van der Waals surface area contributed by atoms with E-state index >= 15 is 0 Å².